The fourth-order valence-electron chi connectivity index (χ4n) is 3.79. The number of rotatable bonds is 15. The molecule has 3 rings (SSSR count). The zero-order valence-electron chi connectivity index (χ0n) is 19.9. The van der Waals surface area contributed by atoms with E-state index in [0.717, 1.165) is 4.90 Å². The summed E-state index contributed by atoms with van der Waals surface area (Å²) in [6.07, 6.45) is 0.135. The molecule has 4 N–H and O–H groups in total. The highest BCUT2D eigenvalue weighted by Crippen LogP contribution is 2.32. The van der Waals surface area contributed by atoms with E-state index in [2.05, 4.69) is 20.7 Å². The molecule has 2 aliphatic heterocycles. The summed E-state index contributed by atoms with van der Waals surface area (Å²) in [5, 5.41) is 16.2. The molecule has 14 heteroatoms. The fraction of sp³-hybridized carbons (Fsp3) is 0.478. The Morgan fingerprint density at radius 3 is 2.41 bits per heavy atom. The van der Waals surface area contributed by atoms with Gasteiger partial charge in [0.25, 0.3) is 11.8 Å². The summed E-state index contributed by atoms with van der Waals surface area (Å²) in [4.78, 5) is 72.1. The summed E-state index contributed by atoms with van der Waals surface area (Å²) >= 11 is 0. The maximum Gasteiger partial charge on any atom is 0.329 e. The minimum absolute atomic E-state index is 0.0498. The van der Waals surface area contributed by atoms with E-state index in [9.17, 15) is 28.8 Å². The number of ether oxygens (including phenoxy) is 3. The number of carboxylic acid groups (broad SMARTS) is 1. The van der Waals surface area contributed by atoms with Gasteiger partial charge in [-0.05, 0) is 18.6 Å². The number of fused-ring (bicyclic) bond motifs is 1. The molecule has 0 saturated carbocycles. The van der Waals surface area contributed by atoms with Gasteiger partial charge in [0.05, 0.1) is 37.6 Å². The quantitative estimate of drug-likeness (QED) is 0.160. The van der Waals surface area contributed by atoms with E-state index in [1.165, 1.54) is 6.07 Å². The van der Waals surface area contributed by atoms with Crippen molar-refractivity contribution in [3.8, 4) is 0 Å². The molecule has 37 heavy (non-hydrogen) atoms. The number of amides is 5. The number of aliphatic carboxylic acids is 1. The van der Waals surface area contributed by atoms with Crippen molar-refractivity contribution in [1.82, 2.24) is 15.5 Å². The van der Waals surface area contributed by atoms with Crippen LogP contribution >= 0.6 is 0 Å². The average Bonchev–Trinajstić information content (AvgIpc) is 3.10. The molecule has 2 heterocycles. The van der Waals surface area contributed by atoms with Crippen LogP contribution in [-0.2, 0) is 33.4 Å². The number of piperidine rings is 1. The molecule has 0 aromatic heterocycles. The predicted molar refractivity (Wildman–Crippen MR) is 125 cm³/mol. The van der Waals surface area contributed by atoms with Gasteiger partial charge in [-0.1, -0.05) is 6.07 Å². The van der Waals surface area contributed by atoms with Crippen molar-refractivity contribution >= 4 is 41.2 Å². The summed E-state index contributed by atoms with van der Waals surface area (Å²) in [5.41, 5.74) is 0.805. The van der Waals surface area contributed by atoms with Gasteiger partial charge in [-0.2, -0.15) is 0 Å². The largest absolute Gasteiger partial charge is 0.480 e. The van der Waals surface area contributed by atoms with E-state index in [1.807, 2.05) is 0 Å². The molecule has 1 aromatic carbocycles. The monoisotopic (exact) mass is 520 g/mol. The second kappa shape index (κ2) is 13.4. The third kappa shape index (κ3) is 7.55. The first-order chi connectivity index (χ1) is 17.8. The topological polar surface area (TPSA) is 190 Å². The Hall–Kier alpha value is -3.88. The molecular weight excluding hydrogens is 492 g/mol. The van der Waals surface area contributed by atoms with Crippen molar-refractivity contribution in [3.05, 3.63) is 29.3 Å². The van der Waals surface area contributed by atoms with Crippen LogP contribution in [0.1, 0.15) is 33.6 Å². The van der Waals surface area contributed by atoms with Gasteiger partial charge in [-0.25, -0.2) is 4.79 Å². The van der Waals surface area contributed by atoms with Crippen molar-refractivity contribution in [3.63, 3.8) is 0 Å². The van der Waals surface area contributed by atoms with E-state index in [0.29, 0.717) is 12.2 Å². The summed E-state index contributed by atoms with van der Waals surface area (Å²) in [6.45, 7) is 0.762. The lowest BCUT2D eigenvalue weighted by Gasteiger charge is -2.27. The van der Waals surface area contributed by atoms with Crippen LogP contribution in [0.25, 0.3) is 0 Å². The Morgan fingerprint density at radius 2 is 1.70 bits per heavy atom. The van der Waals surface area contributed by atoms with Crippen molar-refractivity contribution in [2.24, 2.45) is 0 Å². The number of hydrogen-bond donors (Lipinski definition) is 4. The lowest BCUT2D eigenvalue weighted by atomic mass is 10.0. The smallest absolute Gasteiger partial charge is 0.329 e. The van der Waals surface area contributed by atoms with Gasteiger partial charge in [0, 0.05) is 25.2 Å². The van der Waals surface area contributed by atoms with E-state index in [4.69, 9.17) is 14.6 Å². The molecule has 0 bridgehead atoms. The van der Waals surface area contributed by atoms with Crippen LogP contribution < -0.4 is 16.0 Å². The third-order valence-electron chi connectivity index (χ3n) is 5.43. The zero-order chi connectivity index (χ0) is 26.8. The van der Waals surface area contributed by atoms with Crippen molar-refractivity contribution in [1.29, 1.82) is 0 Å². The van der Waals surface area contributed by atoms with E-state index in [1.54, 1.807) is 12.1 Å². The van der Waals surface area contributed by atoms with Gasteiger partial charge in [-0.15, -0.1) is 0 Å². The summed E-state index contributed by atoms with van der Waals surface area (Å²) < 4.78 is 15.5. The summed E-state index contributed by atoms with van der Waals surface area (Å²) in [6, 6.07) is 3.78. The van der Waals surface area contributed by atoms with Crippen LogP contribution in [0, 0.1) is 0 Å². The fourth-order valence-corrected chi connectivity index (χ4v) is 3.79. The van der Waals surface area contributed by atoms with Crippen LogP contribution in [0.15, 0.2) is 18.2 Å². The van der Waals surface area contributed by atoms with E-state index in [-0.39, 0.29) is 63.5 Å². The summed E-state index contributed by atoms with van der Waals surface area (Å²) in [5.74, 6) is -3.86. The molecule has 0 radical (unpaired) electrons. The standard InChI is InChI=1S/C23H28N4O10/c28-17-5-4-16(21(32)26-17)27-22(33)14-2-1-3-15(20(14)23(27)34)24-6-8-35-10-11-36-9-7-25-18(29)12-37-13-19(30)31/h1-3,16,24H,4-13H2,(H,25,29)(H,30,31)(H,26,28,32). The molecule has 0 spiro atoms. The van der Waals surface area contributed by atoms with Gasteiger partial charge in [0.15, 0.2) is 0 Å². The Morgan fingerprint density at radius 1 is 0.973 bits per heavy atom. The molecule has 1 fully saturated rings. The van der Waals surface area contributed by atoms with Crippen LogP contribution in [0.2, 0.25) is 0 Å². The maximum atomic E-state index is 13.0. The predicted octanol–water partition coefficient (Wildman–Crippen LogP) is -1.25. The SMILES string of the molecule is O=C(O)COCC(=O)NCCOCCOCCNc1cccc2c1C(=O)N(C1CCC(=O)NC1=O)C2=O. The normalized spacial score (nSPS) is 17.0. The number of anilines is 1. The Balaban J connectivity index is 1.34. The van der Waals surface area contributed by atoms with E-state index >= 15 is 0 Å². The highest BCUT2D eigenvalue weighted by molar-refractivity contribution is 6.25. The zero-order valence-corrected chi connectivity index (χ0v) is 19.9. The molecule has 0 aliphatic carbocycles. The van der Waals surface area contributed by atoms with Gasteiger partial charge >= 0.3 is 5.97 Å². The molecule has 14 nitrogen and oxygen atoms in total. The van der Waals surface area contributed by atoms with Gasteiger partial charge in [-0.3, -0.25) is 34.2 Å². The average molecular weight is 520 g/mol. The molecule has 1 aromatic rings. The maximum absolute atomic E-state index is 13.0. The number of carbonyl (C=O) groups excluding carboxylic acids is 5. The second-order valence-electron chi connectivity index (χ2n) is 8.06. The highest BCUT2D eigenvalue weighted by Gasteiger charge is 2.45. The Kier molecular flexibility index (Phi) is 10.1. The molecule has 1 saturated heterocycles. The van der Waals surface area contributed by atoms with Crippen LogP contribution in [0.4, 0.5) is 5.69 Å². The first-order valence-electron chi connectivity index (χ1n) is 11.6. The van der Waals surface area contributed by atoms with Gasteiger partial charge in [0.1, 0.15) is 19.3 Å². The van der Waals surface area contributed by atoms with Crippen LogP contribution in [0.5, 0.6) is 0 Å². The first kappa shape index (κ1) is 27.7. The van der Waals surface area contributed by atoms with E-state index < -0.39 is 48.2 Å². The number of benzene rings is 1. The lowest BCUT2D eigenvalue weighted by molar-refractivity contribution is -0.143. The van der Waals surface area contributed by atoms with Crippen LogP contribution in [-0.4, -0.2) is 104 Å². The number of imide groups is 2. The minimum atomic E-state index is -1.15. The summed E-state index contributed by atoms with van der Waals surface area (Å²) in [7, 11) is 0. The molecule has 2 aliphatic rings. The minimum Gasteiger partial charge on any atom is -0.480 e. The van der Waals surface area contributed by atoms with Gasteiger partial charge < -0.3 is 30.0 Å². The molecular formula is C23H28N4O10. The first-order valence-corrected chi connectivity index (χ1v) is 11.6. The third-order valence-corrected chi connectivity index (χ3v) is 5.43. The van der Waals surface area contributed by atoms with Gasteiger partial charge in [0.2, 0.25) is 17.7 Å². The van der Waals surface area contributed by atoms with Crippen molar-refractivity contribution < 1.29 is 48.1 Å². The molecule has 1 atom stereocenters. The number of hydrogen-bond acceptors (Lipinski definition) is 10. The number of nitrogens with one attached hydrogen (secondary N) is 3. The Labute approximate surface area is 211 Å². The van der Waals surface area contributed by atoms with Crippen LogP contribution in [0.3, 0.4) is 0 Å². The highest BCUT2D eigenvalue weighted by atomic mass is 16.5. The Bertz CT molecular complexity index is 1060. The second-order valence-corrected chi connectivity index (χ2v) is 8.06. The molecule has 200 valence electrons. The number of carboxylic acids is 1. The van der Waals surface area contributed by atoms with Crippen molar-refractivity contribution in [2.75, 3.05) is 58.0 Å². The lowest BCUT2D eigenvalue weighted by Crippen LogP contribution is -2.54. The molecule has 5 amide bonds. The molecule has 1 unspecified atom stereocenters. The number of nitrogens with zero attached hydrogens (tertiary/aromatic N) is 1. The number of carbonyl (C=O) groups is 6. The van der Waals surface area contributed by atoms with Crippen molar-refractivity contribution in [2.45, 2.75) is 18.9 Å².